The molecule has 0 aromatic rings. The number of hydrogen-bond acceptors (Lipinski definition) is 4. The summed E-state index contributed by atoms with van der Waals surface area (Å²) in [5.41, 5.74) is 0. The average molecular weight is 492 g/mol. The Balaban J connectivity index is 4.01. The maximum Gasteiger partial charge on any atom is 0.222 e. The molecule has 5 heteroatoms. The number of carbonyl (C=O) groups excluding carboxylic acids is 1. The average Bonchev–Trinajstić information content (AvgIpc) is 2.84. The number of aliphatic hydroxyl groups is 3. The zero-order valence-corrected chi connectivity index (χ0v) is 22.4. The van der Waals surface area contributed by atoms with Crippen molar-refractivity contribution in [3.8, 4) is 0 Å². The molecule has 3 unspecified atom stereocenters. The third-order valence-corrected chi connectivity index (χ3v) is 5.82. The van der Waals surface area contributed by atoms with E-state index in [9.17, 15) is 20.1 Å². The minimum Gasteiger partial charge on any atom is -0.394 e. The topological polar surface area (TPSA) is 89.8 Å². The smallest absolute Gasteiger partial charge is 0.222 e. The number of amides is 1. The van der Waals surface area contributed by atoms with Gasteiger partial charge in [-0.25, -0.2) is 0 Å². The molecule has 35 heavy (non-hydrogen) atoms. The summed E-state index contributed by atoms with van der Waals surface area (Å²) in [5.74, 6) is -0.352. The van der Waals surface area contributed by atoms with Gasteiger partial charge in [-0.1, -0.05) is 94.6 Å². The second kappa shape index (κ2) is 25.4. The fourth-order valence-corrected chi connectivity index (χ4v) is 3.57. The highest BCUT2D eigenvalue weighted by Crippen LogP contribution is 2.09. The molecule has 0 rings (SSSR count). The van der Waals surface area contributed by atoms with Crippen LogP contribution in [0.4, 0.5) is 0 Å². The molecular weight excluding hydrogens is 438 g/mol. The van der Waals surface area contributed by atoms with Gasteiger partial charge in [0.1, 0.15) is 0 Å². The van der Waals surface area contributed by atoms with Crippen LogP contribution in [0.15, 0.2) is 48.6 Å². The molecule has 0 saturated heterocycles. The monoisotopic (exact) mass is 491 g/mol. The molecule has 0 saturated carbocycles. The largest absolute Gasteiger partial charge is 0.394 e. The molecule has 0 spiro atoms. The molecule has 0 aliphatic rings. The minimum atomic E-state index is -0.960. The van der Waals surface area contributed by atoms with Crippen molar-refractivity contribution in [2.45, 2.75) is 128 Å². The molecule has 0 aromatic heterocycles. The number of rotatable bonds is 23. The normalized spacial score (nSPS) is 15.0. The minimum absolute atomic E-state index is 0.0160. The third-order valence-electron chi connectivity index (χ3n) is 5.82. The van der Waals surface area contributed by atoms with Gasteiger partial charge in [-0.3, -0.25) is 4.79 Å². The van der Waals surface area contributed by atoms with Crippen molar-refractivity contribution >= 4 is 5.91 Å². The number of nitrogens with one attached hydrogen (secondary N) is 1. The predicted octanol–water partition coefficient (Wildman–Crippen LogP) is 6.30. The quantitative estimate of drug-likeness (QED) is 0.0997. The molecule has 0 radical (unpaired) electrons. The van der Waals surface area contributed by atoms with Gasteiger partial charge in [0.15, 0.2) is 0 Å². The van der Waals surface area contributed by atoms with Gasteiger partial charge >= 0.3 is 0 Å². The van der Waals surface area contributed by atoms with E-state index in [-0.39, 0.29) is 18.9 Å². The zero-order valence-electron chi connectivity index (χ0n) is 22.4. The highest BCUT2D eigenvalue weighted by molar-refractivity contribution is 5.76. The fraction of sp³-hybridized carbons (Fsp3) is 0.700. The van der Waals surface area contributed by atoms with Crippen LogP contribution in [0.3, 0.4) is 0 Å². The van der Waals surface area contributed by atoms with Gasteiger partial charge in [-0.15, -0.1) is 0 Å². The first-order valence-electron chi connectivity index (χ1n) is 13.9. The fourth-order valence-electron chi connectivity index (χ4n) is 3.57. The van der Waals surface area contributed by atoms with Crippen molar-refractivity contribution in [1.29, 1.82) is 0 Å². The van der Waals surface area contributed by atoms with Crippen LogP contribution in [0.2, 0.25) is 0 Å². The first kappa shape index (κ1) is 33.3. The highest BCUT2D eigenvalue weighted by atomic mass is 16.3. The number of hydrogen-bond donors (Lipinski definition) is 4. The summed E-state index contributed by atoms with van der Waals surface area (Å²) >= 11 is 0. The van der Waals surface area contributed by atoms with Crippen molar-refractivity contribution in [3.05, 3.63) is 48.6 Å². The Morgan fingerprint density at radius 1 is 0.714 bits per heavy atom. The second-order valence-corrected chi connectivity index (χ2v) is 9.27. The lowest BCUT2D eigenvalue weighted by Crippen LogP contribution is -2.45. The summed E-state index contributed by atoms with van der Waals surface area (Å²) in [7, 11) is 0. The van der Waals surface area contributed by atoms with Crippen LogP contribution in [0.1, 0.15) is 110 Å². The highest BCUT2D eigenvalue weighted by Gasteiger charge is 2.19. The maximum absolute atomic E-state index is 12.2. The third kappa shape index (κ3) is 22.5. The molecule has 1 amide bonds. The Kier molecular flexibility index (Phi) is 24.2. The van der Waals surface area contributed by atoms with Crippen molar-refractivity contribution in [3.63, 3.8) is 0 Å². The molecule has 5 nitrogen and oxygen atoms in total. The van der Waals surface area contributed by atoms with Gasteiger partial charge in [0.2, 0.25) is 5.91 Å². The van der Waals surface area contributed by atoms with Crippen molar-refractivity contribution in [2.75, 3.05) is 6.61 Å². The van der Waals surface area contributed by atoms with Crippen LogP contribution in [0.5, 0.6) is 0 Å². The van der Waals surface area contributed by atoms with Crippen LogP contribution in [-0.2, 0) is 4.79 Å². The molecule has 202 valence electrons. The van der Waals surface area contributed by atoms with Gasteiger partial charge in [-0.05, 0) is 57.8 Å². The van der Waals surface area contributed by atoms with Gasteiger partial charge in [0, 0.05) is 0 Å². The lowest BCUT2D eigenvalue weighted by Gasteiger charge is -2.20. The van der Waals surface area contributed by atoms with Gasteiger partial charge < -0.3 is 20.6 Å². The Morgan fingerprint density at radius 2 is 1.20 bits per heavy atom. The Morgan fingerprint density at radius 3 is 1.71 bits per heavy atom. The van der Waals surface area contributed by atoms with E-state index in [1.165, 1.54) is 32.1 Å². The SMILES string of the molecule is CCCC/C=C\CCCCC(O)CC(=O)NC(CO)C(O)/C=C/CC/C=C/CC/C=C/CCCC. The number of aliphatic hydroxyl groups excluding tert-OH is 3. The molecule has 0 aliphatic heterocycles. The van der Waals surface area contributed by atoms with E-state index in [2.05, 4.69) is 55.6 Å². The molecule has 0 heterocycles. The molecule has 0 aliphatic carbocycles. The summed E-state index contributed by atoms with van der Waals surface area (Å²) in [4.78, 5) is 12.2. The van der Waals surface area contributed by atoms with Crippen LogP contribution in [0.25, 0.3) is 0 Å². The van der Waals surface area contributed by atoms with E-state index < -0.39 is 18.2 Å². The number of carbonyl (C=O) groups is 1. The van der Waals surface area contributed by atoms with E-state index in [0.717, 1.165) is 51.4 Å². The first-order valence-corrected chi connectivity index (χ1v) is 13.9. The number of allylic oxidation sites excluding steroid dienone is 7. The van der Waals surface area contributed by atoms with Crippen LogP contribution in [-0.4, -0.2) is 46.1 Å². The van der Waals surface area contributed by atoms with Crippen LogP contribution < -0.4 is 5.32 Å². The van der Waals surface area contributed by atoms with Crippen molar-refractivity contribution in [1.82, 2.24) is 5.32 Å². The Labute approximate surface area is 215 Å². The zero-order chi connectivity index (χ0) is 26.0. The maximum atomic E-state index is 12.2. The predicted molar refractivity (Wildman–Crippen MR) is 148 cm³/mol. The second-order valence-electron chi connectivity index (χ2n) is 9.27. The first-order chi connectivity index (χ1) is 17.0. The van der Waals surface area contributed by atoms with E-state index >= 15 is 0 Å². The summed E-state index contributed by atoms with van der Waals surface area (Å²) in [6.07, 6.45) is 29.5. The summed E-state index contributed by atoms with van der Waals surface area (Å²) in [6, 6.07) is -0.769. The molecule has 3 atom stereocenters. The van der Waals surface area contributed by atoms with Crippen molar-refractivity contribution in [2.24, 2.45) is 0 Å². The Bertz CT molecular complexity index is 597. The lowest BCUT2D eigenvalue weighted by atomic mass is 10.1. The van der Waals surface area contributed by atoms with Crippen LogP contribution >= 0.6 is 0 Å². The van der Waals surface area contributed by atoms with Gasteiger partial charge in [0.25, 0.3) is 0 Å². The van der Waals surface area contributed by atoms with Gasteiger partial charge in [-0.2, -0.15) is 0 Å². The van der Waals surface area contributed by atoms with Gasteiger partial charge in [0.05, 0.1) is 31.3 Å². The number of unbranched alkanes of at least 4 members (excludes halogenated alkanes) is 8. The van der Waals surface area contributed by atoms with E-state index in [1.807, 2.05) is 6.08 Å². The standard InChI is InChI=1S/C30H53NO4/c1-3-5-7-9-11-13-14-15-16-18-20-22-24-29(34)28(26-32)31-30(35)25-27(33)23-21-19-17-12-10-8-6-4-2/h9-12,15-16,22,24,27-29,32-34H,3-8,13-14,17-21,23,25-26H2,1-2H3,(H,31,35)/b11-9+,12-10-,16-15+,24-22+. The molecular formula is C30H53NO4. The summed E-state index contributed by atoms with van der Waals surface area (Å²) < 4.78 is 0. The Hall–Kier alpha value is -1.69. The van der Waals surface area contributed by atoms with E-state index in [1.54, 1.807) is 6.08 Å². The van der Waals surface area contributed by atoms with E-state index in [4.69, 9.17) is 0 Å². The molecule has 0 bridgehead atoms. The molecule has 0 aromatic carbocycles. The summed E-state index contributed by atoms with van der Waals surface area (Å²) in [6.45, 7) is 4.03. The molecule has 0 fully saturated rings. The molecule has 4 N–H and O–H groups in total. The van der Waals surface area contributed by atoms with E-state index in [0.29, 0.717) is 6.42 Å². The van der Waals surface area contributed by atoms with Crippen molar-refractivity contribution < 1.29 is 20.1 Å². The lowest BCUT2D eigenvalue weighted by molar-refractivity contribution is -0.124. The summed E-state index contributed by atoms with van der Waals surface area (Å²) in [5, 5.41) is 32.6. The van der Waals surface area contributed by atoms with Crippen LogP contribution in [0, 0.1) is 0 Å².